The molecule has 158 valence electrons. The van der Waals surface area contributed by atoms with Crippen LogP contribution in [0.25, 0.3) is 0 Å². The summed E-state index contributed by atoms with van der Waals surface area (Å²) in [4.78, 5) is 30.5. The molecule has 0 N–H and O–H groups in total. The minimum Gasteiger partial charge on any atom is -0.496 e. The highest BCUT2D eigenvalue weighted by Gasteiger charge is 2.31. The van der Waals surface area contributed by atoms with Crippen LogP contribution in [0.5, 0.6) is 11.5 Å². The standard InChI is InChI=1S/C23H31NO5/c1-5-7-8-9-10-11-17(24-29-14-6-2)16-15-20(27-3)21-18(25)12-13-19(26)22(21)23(16)28-4/h12-13,15H,5-11,14H2,1-4H3/b24-17+. The quantitative estimate of drug-likeness (QED) is 0.276. The highest BCUT2D eigenvalue weighted by molar-refractivity contribution is 6.25. The third kappa shape index (κ3) is 5.46. The normalized spacial score (nSPS) is 13.4. The predicted molar refractivity (Wildman–Crippen MR) is 114 cm³/mol. The number of unbranched alkanes of at least 4 members (excludes halogenated alkanes) is 4. The SMILES string of the molecule is CCCCCCC/C(=N\OCCC)c1cc(OC)c2c(c1OC)C(=O)C=CC2=O. The van der Waals surface area contributed by atoms with Gasteiger partial charge in [0.05, 0.1) is 31.1 Å². The molecule has 0 aromatic heterocycles. The van der Waals surface area contributed by atoms with Crippen LogP contribution in [-0.2, 0) is 4.84 Å². The van der Waals surface area contributed by atoms with E-state index in [1.807, 2.05) is 6.92 Å². The average molecular weight is 402 g/mol. The smallest absolute Gasteiger partial charge is 0.190 e. The van der Waals surface area contributed by atoms with Crippen molar-refractivity contribution in [2.24, 2.45) is 5.16 Å². The van der Waals surface area contributed by atoms with Gasteiger partial charge in [-0.2, -0.15) is 0 Å². The molecule has 29 heavy (non-hydrogen) atoms. The molecule has 1 aromatic rings. The van der Waals surface area contributed by atoms with E-state index in [2.05, 4.69) is 12.1 Å². The van der Waals surface area contributed by atoms with Crippen LogP contribution in [-0.4, -0.2) is 38.1 Å². The molecule has 0 bridgehead atoms. The third-order valence-corrected chi connectivity index (χ3v) is 4.84. The molecule has 0 saturated heterocycles. The number of hydrogen-bond acceptors (Lipinski definition) is 6. The highest BCUT2D eigenvalue weighted by Crippen LogP contribution is 2.38. The van der Waals surface area contributed by atoms with Gasteiger partial charge in [-0.3, -0.25) is 9.59 Å². The maximum atomic E-state index is 12.6. The van der Waals surface area contributed by atoms with E-state index < -0.39 is 0 Å². The highest BCUT2D eigenvalue weighted by atomic mass is 16.6. The second-order valence-electron chi connectivity index (χ2n) is 7.01. The van der Waals surface area contributed by atoms with Gasteiger partial charge in [0.2, 0.25) is 0 Å². The molecule has 0 saturated carbocycles. The van der Waals surface area contributed by atoms with Crippen molar-refractivity contribution < 1.29 is 23.9 Å². The van der Waals surface area contributed by atoms with Gasteiger partial charge < -0.3 is 14.3 Å². The Balaban J connectivity index is 2.49. The van der Waals surface area contributed by atoms with Gasteiger partial charge >= 0.3 is 0 Å². The first kappa shape index (κ1) is 22.7. The van der Waals surface area contributed by atoms with Crippen molar-refractivity contribution in [3.63, 3.8) is 0 Å². The van der Waals surface area contributed by atoms with Crippen molar-refractivity contribution in [2.45, 2.75) is 58.8 Å². The van der Waals surface area contributed by atoms with E-state index in [9.17, 15) is 9.59 Å². The Kier molecular flexibility index (Phi) is 8.90. The molecule has 0 spiro atoms. The lowest BCUT2D eigenvalue weighted by Gasteiger charge is -2.20. The Morgan fingerprint density at radius 2 is 1.59 bits per heavy atom. The lowest BCUT2D eigenvalue weighted by atomic mass is 9.88. The number of oxime groups is 1. The number of ketones is 2. The van der Waals surface area contributed by atoms with Crippen LogP contribution in [0, 0.1) is 0 Å². The fraction of sp³-hybridized carbons (Fsp3) is 0.522. The molecule has 0 amide bonds. The number of rotatable bonds is 12. The first-order valence-electron chi connectivity index (χ1n) is 10.3. The van der Waals surface area contributed by atoms with Crippen molar-refractivity contribution in [1.29, 1.82) is 0 Å². The molecule has 0 heterocycles. The maximum absolute atomic E-state index is 12.6. The average Bonchev–Trinajstić information content (AvgIpc) is 2.73. The van der Waals surface area contributed by atoms with Crippen LogP contribution in [0.1, 0.15) is 85.1 Å². The largest absolute Gasteiger partial charge is 0.496 e. The van der Waals surface area contributed by atoms with Crippen LogP contribution >= 0.6 is 0 Å². The second kappa shape index (κ2) is 11.4. The van der Waals surface area contributed by atoms with Crippen LogP contribution in [0.3, 0.4) is 0 Å². The van der Waals surface area contributed by atoms with E-state index in [0.717, 1.165) is 19.3 Å². The molecule has 1 aliphatic carbocycles. The summed E-state index contributed by atoms with van der Waals surface area (Å²) in [6.07, 6.45) is 9.65. The van der Waals surface area contributed by atoms with Crippen LogP contribution < -0.4 is 9.47 Å². The molecule has 1 aromatic carbocycles. The zero-order valence-electron chi connectivity index (χ0n) is 17.9. The minimum atomic E-state index is -0.284. The van der Waals surface area contributed by atoms with Gasteiger partial charge in [-0.1, -0.05) is 44.7 Å². The Morgan fingerprint density at radius 3 is 2.21 bits per heavy atom. The number of hydrogen-bond donors (Lipinski definition) is 0. The number of allylic oxidation sites excluding steroid dienone is 2. The van der Waals surface area contributed by atoms with Gasteiger partial charge in [0.25, 0.3) is 0 Å². The molecular formula is C23H31NO5. The van der Waals surface area contributed by atoms with Gasteiger partial charge in [-0.15, -0.1) is 0 Å². The van der Waals surface area contributed by atoms with E-state index in [0.29, 0.717) is 35.8 Å². The molecular weight excluding hydrogens is 370 g/mol. The fourth-order valence-corrected chi connectivity index (χ4v) is 3.37. The van der Waals surface area contributed by atoms with Gasteiger partial charge in [-0.05, 0) is 37.5 Å². The summed E-state index contributed by atoms with van der Waals surface area (Å²) in [5.74, 6) is 0.124. The minimum absolute atomic E-state index is 0.225. The van der Waals surface area contributed by atoms with Crippen LogP contribution in [0.15, 0.2) is 23.4 Å². The Labute approximate surface area is 172 Å². The zero-order chi connectivity index (χ0) is 21.2. The Bertz CT molecular complexity index is 795. The first-order valence-corrected chi connectivity index (χ1v) is 10.3. The van der Waals surface area contributed by atoms with Crippen molar-refractivity contribution in [1.82, 2.24) is 0 Å². The summed E-state index contributed by atoms with van der Waals surface area (Å²) in [5, 5.41) is 4.35. The van der Waals surface area contributed by atoms with Gasteiger partial charge in [-0.25, -0.2) is 0 Å². The summed E-state index contributed by atoms with van der Waals surface area (Å²) < 4.78 is 11.0. The van der Waals surface area contributed by atoms with Crippen LogP contribution in [0.2, 0.25) is 0 Å². The van der Waals surface area contributed by atoms with E-state index in [-0.39, 0.29) is 22.7 Å². The van der Waals surface area contributed by atoms with E-state index in [1.165, 1.54) is 45.6 Å². The topological polar surface area (TPSA) is 74.2 Å². The van der Waals surface area contributed by atoms with E-state index in [1.54, 1.807) is 6.07 Å². The van der Waals surface area contributed by atoms with Gasteiger partial charge in [0.1, 0.15) is 18.1 Å². The summed E-state index contributed by atoms with van der Waals surface area (Å²) >= 11 is 0. The lowest BCUT2D eigenvalue weighted by molar-refractivity contribution is 0.0989. The summed E-state index contributed by atoms with van der Waals surface area (Å²) in [6.45, 7) is 4.70. The number of carbonyl (C=O) groups excluding carboxylic acids is 2. The van der Waals surface area contributed by atoms with Gasteiger partial charge in [0.15, 0.2) is 11.6 Å². The van der Waals surface area contributed by atoms with Crippen molar-refractivity contribution >= 4 is 17.3 Å². The molecule has 6 nitrogen and oxygen atoms in total. The first-order chi connectivity index (χ1) is 14.1. The maximum Gasteiger partial charge on any atom is 0.190 e. The second-order valence-corrected chi connectivity index (χ2v) is 7.01. The number of benzene rings is 1. The van der Waals surface area contributed by atoms with Crippen LogP contribution in [0.4, 0.5) is 0 Å². The number of methoxy groups -OCH3 is 2. The Morgan fingerprint density at radius 1 is 0.897 bits per heavy atom. The van der Waals surface area contributed by atoms with E-state index >= 15 is 0 Å². The van der Waals surface area contributed by atoms with Crippen molar-refractivity contribution in [3.8, 4) is 11.5 Å². The third-order valence-electron chi connectivity index (χ3n) is 4.84. The number of nitrogens with zero attached hydrogens (tertiary/aromatic N) is 1. The molecule has 0 aliphatic heterocycles. The monoisotopic (exact) mass is 401 g/mol. The summed E-state index contributed by atoms with van der Waals surface area (Å²) in [5.41, 5.74) is 1.79. The van der Waals surface area contributed by atoms with Gasteiger partial charge in [0, 0.05) is 5.56 Å². The summed E-state index contributed by atoms with van der Waals surface area (Å²) in [7, 11) is 2.98. The van der Waals surface area contributed by atoms with E-state index in [4.69, 9.17) is 14.3 Å². The molecule has 6 heteroatoms. The summed E-state index contributed by atoms with van der Waals surface area (Å²) in [6, 6.07) is 1.72. The fourth-order valence-electron chi connectivity index (χ4n) is 3.37. The Hall–Kier alpha value is -2.63. The molecule has 0 radical (unpaired) electrons. The number of carbonyl (C=O) groups is 2. The zero-order valence-corrected chi connectivity index (χ0v) is 17.9. The van der Waals surface area contributed by atoms with Crippen molar-refractivity contribution in [2.75, 3.05) is 20.8 Å². The molecule has 1 aliphatic rings. The molecule has 0 unspecified atom stereocenters. The molecule has 0 atom stereocenters. The lowest BCUT2D eigenvalue weighted by Crippen LogP contribution is -2.18. The molecule has 0 fully saturated rings. The number of ether oxygens (including phenoxy) is 2. The van der Waals surface area contributed by atoms with Crippen molar-refractivity contribution in [3.05, 3.63) is 34.9 Å². The predicted octanol–water partition coefficient (Wildman–Crippen LogP) is 5.13. The number of fused-ring (bicyclic) bond motifs is 1. The molecule has 2 rings (SSSR count).